The van der Waals surface area contributed by atoms with Crippen molar-refractivity contribution in [3.05, 3.63) is 71.2 Å². The van der Waals surface area contributed by atoms with Crippen LogP contribution < -0.4 is 0 Å². The topological polar surface area (TPSA) is 30.2 Å². The van der Waals surface area contributed by atoms with Crippen molar-refractivity contribution < 1.29 is 13.6 Å². The Hall–Kier alpha value is -2.42. The molecule has 0 atom stereocenters. The van der Waals surface area contributed by atoms with Crippen molar-refractivity contribution >= 4 is 16.8 Å². The van der Waals surface area contributed by atoms with Crippen molar-refractivity contribution in [2.24, 2.45) is 0 Å². The first-order valence-electron chi connectivity index (χ1n) is 5.94. The third-order valence-electron chi connectivity index (χ3n) is 3.00. The Balaban J connectivity index is 2.04. The molecule has 0 aliphatic heterocycles. The highest BCUT2D eigenvalue weighted by atomic mass is 19.1. The highest BCUT2D eigenvalue weighted by Crippen LogP contribution is 2.22. The van der Waals surface area contributed by atoms with Gasteiger partial charge in [-0.05, 0) is 49.4 Å². The molecule has 1 aromatic heterocycles. The molecule has 0 aliphatic rings. The van der Waals surface area contributed by atoms with E-state index in [1.54, 1.807) is 6.07 Å². The first-order valence-corrected chi connectivity index (χ1v) is 5.94. The molecule has 0 saturated carbocycles. The zero-order valence-electron chi connectivity index (χ0n) is 10.3. The maximum Gasteiger partial charge on any atom is 0.228 e. The van der Waals surface area contributed by atoms with Gasteiger partial charge >= 0.3 is 0 Å². The maximum atomic E-state index is 12.8. The molecule has 3 rings (SSSR count). The van der Waals surface area contributed by atoms with Crippen LogP contribution in [0.2, 0.25) is 0 Å². The lowest BCUT2D eigenvalue weighted by Gasteiger charge is -1.96. The van der Waals surface area contributed by atoms with Gasteiger partial charge in [-0.15, -0.1) is 0 Å². The molecule has 0 bridgehead atoms. The fourth-order valence-corrected chi connectivity index (χ4v) is 2.02. The molecule has 0 saturated heterocycles. The minimum Gasteiger partial charge on any atom is -0.453 e. The molecular formula is C16H11FO2. The number of hydrogen-bond donors (Lipinski definition) is 0. The number of carbonyl (C=O) groups excluding carboxylic acids is 1. The summed E-state index contributed by atoms with van der Waals surface area (Å²) in [4.78, 5) is 12.2. The van der Waals surface area contributed by atoms with Gasteiger partial charge in [0.15, 0.2) is 5.76 Å². The number of rotatable bonds is 2. The SMILES string of the molecule is Cc1ccc2oc(C(=O)c3ccc(F)cc3)cc2c1. The second-order valence-corrected chi connectivity index (χ2v) is 4.49. The number of fused-ring (bicyclic) bond motifs is 1. The van der Waals surface area contributed by atoms with Gasteiger partial charge in [-0.25, -0.2) is 4.39 Å². The molecule has 1 heterocycles. The number of halogens is 1. The average Bonchev–Trinajstić information content (AvgIpc) is 2.81. The minimum atomic E-state index is -0.364. The Labute approximate surface area is 109 Å². The van der Waals surface area contributed by atoms with Gasteiger partial charge < -0.3 is 4.42 Å². The Morgan fingerprint density at radius 1 is 1.05 bits per heavy atom. The van der Waals surface area contributed by atoms with E-state index in [0.717, 1.165) is 10.9 Å². The van der Waals surface area contributed by atoms with Gasteiger partial charge in [0, 0.05) is 10.9 Å². The molecule has 0 fully saturated rings. The maximum absolute atomic E-state index is 12.8. The molecule has 0 spiro atoms. The van der Waals surface area contributed by atoms with Crippen molar-refractivity contribution in [2.75, 3.05) is 0 Å². The summed E-state index contributed by atoms with van der Waals surface area (Å²) in [5, 5.41) is 0.894. The van der Waals surface area contributed by atoms with Gasteiger partial charge in [0.2, 0.25) is 5.78 Å². The fraction of sp³-hybridized carbons (Fsp3) is 0.0625. The Morgan fingerprint density at radius 3 is 2.53 bits per heavy atom. The van der Waals surface area contributed by atoms with Gasteiger partial charge in [0.05, 0.1) is 0 Å². The molecule has 0 radical (unpaired) electrons. The normalized spacial score (nSPS) is 10.8. The lowest BCUT2D eigenvalue weighted by Crippen LogP contribution is -1.99. The van der Waals surface area contributed by atoms with E-state index < -0.39 is 0 Å². The van der Waals surface area contributed by atoms with Gasteiger partial charge in [0.1, 0.15) is 11.4 Å². The Kier molecular flexibility index (Phi) is 2.67. The molecule has 94 valence electrons. The van der Waals surface area contributed by atoms with Crippen LogP contribution in [0.15, 0.2) is 52.9 Å². The van der Waals surface area contributed by atoms with Crippen LogP contribution in [0.3, 0.4) is 0 Å². The summed E-state index contributed by atoms with van der Waals surface area (Å²) in [6, 6.07) is 12.9. The molecule has 2 aromatic carbocycles. The Morgan fingerprint density at radius 2 is 1.79 bits per heavy atom. The van der Waals surface area contributed by atoms with Crippen LogP contribution in [0, 0.1) is 12.7 Å². The van der Waals surface area contributed by atoms with Gasteiger partial charge in [-0.1, -0.05) is 11.6 Å². The van der Waals surface area contributed by atoms with Crippen LogP contribution in [0.1, 0.15) is 21.7 Å². The van der Waals surface area contributed by atoms with Crippen molar-refractivity contribution in [3.63, 3.8) is 0 Å². The van der Waals surface area contributed by atoms with Crippen molar-refractivity contribution in [3.8, 4) is 0 Å². The lowest BCUT2D eigenvalue weighted by molar-refractivity contribution is 0.101. The summed E-state index contributed by atoms with van der Waals surface area (Å²) in [5.74, 6) is -0.335. The molecule has 0 unspecified atom stereocenters. The highest BCUT2D eigenvalue weighted by molar-refractivity contribution is 6.08. The van der Waals surface area contributed by atoms with Crippen LogP contribution in [0.5, 0.6) is 0 Å². The van der Waals surface area contributed by atoms with Crippen molar-refractivity contribution in [2.45, 2.75) is 6.92 Å². The number of furan rings is 1. The van der Waals surface area contributed by atoms with Crippen LogP contribution >= 0.6 is 0 Å². The van der Waals surface area contributed by atoms with Crippen molar-refractivity contribution in [1.29, 1.82) is 0 Å². The van der Waals surface area contributed by atoms with Gasteiger partial charge in [-0.3, -0.25) is 4.79 Å². The van der Waals surface area contributed by atoms with Crippen LogP contribution in [-0.2, 0) is 0 Å². The number of aryl methyl sites for hydroxylation is 1. The fourth-order valence-electron chi connectivity index (χ4n) is 2.02. The average molecular weight is 254 g/mol. The predicted octanol–water partition coefficient (Wildman–Crippen LogP) is 4.11. The smallest absolute Gasteiger partial charge is 0.228 e. The third kappa shape index (κ3) is 2.15. The van der Waals surface area contributed by atoms with E-state index in [-0.39, 0.29) is 17.4 Å². The summed E-state index contributed by atoms with van der Waals surface area (Å²) in [5.41, 5.74) is 2.20. The van der Waals surface area contributed by atoms with Crippen LogP contribution in [-0.4, -0.2) is 5.78 Å². The number of benzene rings is 2. The summed E-state index contributed by atoms with van der Waals surface area (Å²) in [7, 11) is 0. The molecule has 2 nitrogen and oxygen atoms in total. The zero-order chi connectivity index (χ0) is 13.4. The van der Waals surface area contributed by atoms with Crippen LogP contribution in [0.4, 0.5) is 4.39 Å². The second-order valence-electron chi connectivity index (χ2n) is 4.49. The number of carbonyl (C=O) groups is 1. The first-order chi connectivity index (χ1) is 9.13. The Bertz CT molecular complexity index is 754. The summed E-state index contributed by atoms with van der Waals surface area (Å²) in [6.45, 7) is 1.98. The van der Waals surface area contributed by atoms with Gasteiger partial charge in [-0.2, -0.15) is 0 Å². The summed E-state index contributed by atoms with van der Waals surface area (Å²) >= 11 is 0. The van der Waals surface area contributed by atoms with E-state index in [4.69, 9.17) is 4.42 Å². The predicted molar refractivity (Wildman–Crippen MR) is 70.8 cm³/mol. The number of ketones is 1. The van der Waals surface area contributed by atoms with E-state index in [1.807, 2.05) is 25.1 Å². The van der Waals surface area contributed by atoms with E-state index in [9.17, 15) is 9.18 Å². The zero-order valence-corrected chi connectivity index (χ0v) is 10.3. The van der Waals surface area contributed by atoms with Gasteiger partial charge in [0.25, 0.3) is 0 Å². The van der Waals surface area contributed by atoms with Crippen LogP contribution in [0.25, 0.3) is 11.0 Å². The minimum absolute atomic E-state index is 0.242. The standard InChI is InChI=1S/C16H11FO2/c1-10-2-7-14-12(8-10)9-15(19-14)16(18)11-3-5-13(17)6-4-11/h2-9H,1H3. The lowest BCUT2D eigenvalue weighted by atomic mass is 10.1. The molecule has 3 heteroatoms. The molecule has 0 N–H and O–H groups in total. The molecular weight excluding hydrogens is 243 g/mol. The van der Waals surface area contributed by atoms with Crippen molar-refractivity contribution in [1.82, 2.24) is 0 Å². The molecule has 19 heavy (non-hydrogen) atoms. The number of hydrogen-bond acceptors (Lipinski definition) is 2. The van der Waals surface area contributed by atoms with E-state index in [2.05, 4.69) is 0 Å². The van der Waals surface area contributed by atoms with E-state index >= 15 is 0 Å². The summed E-state index contributed by atoms with van der Waals surface area (Å²) in [6.07, 6.45) is 0. The molecule has 0 amide bonds. The monoisotopic (exact) mass is 254 g/mol. The third-order valence-corrected chi connectivity index (χ3v) is 3.00. The molecule has 0 aliphatic carbocycles. The quantitative estimate of drug-likeness (QED) is 0.644. The highest BCUT2D eigenvalue weighted by Gasteiger charge is 2.14. The summed E-state index contributed by atoms with van der Waals surface area (Å²) < 4.78 is 18.4. The van der Waals surface area contributed by atoms with E-state index in [1.165, 1.54) is 24.3 Å². The second kappa shape index (κ2) is 4.35. The largest absolute Gasteiger partial charge is 0.453 e. The first kappa shape index (κ1) is 11.7. The molecule has 3 aromatic rings. The van der Waals surface area contributed by atoms with E-state index in [0.29, 0.717) is 11.1 Å².